The molecule has 0 aliphatic heterocycles. The Labute approximate surface area is 154 Å². The predicted octanol–water partition coefficient (Wildman–Crippen LogP) is 4.14. The monoisotopic (exact) mass is 386 g/mol. The van der Waals surface area contributed by atoms with Crippen LogP contribution in [0.5, 0.6) is 5.75 Å². The molecule has 9 heteroatoms. The number of nitrogens with one attached hydrogen (secondary N) is 2. The van der Waals surface area contributed by atoms with Crippen molar-refractivity contribution in [3.8, 4) is 5.75 Å². The molecule has 6 nitrogen and oxygen atoms in total. The van der Waals surface area contributed by atoms with Crippen molar-refractivity contribution in [3.63, 3.8) is 0 Å². The second-order valence-electron chi connectivity index (χ2n) is 4.84. The van der Waals surface area contributed by atoms with Crippen molar-refractivity contribution in [2.75, 3.05) is 30.0 Å². The summed E-state index contributed by atoms with van der Waals surface area (Å²) in [7, 11) is 1.55. The molecule has 0 saturated carbocycles. The maximum Gasteiger partial charge on any atom is 0.234 e. The third-order valence-electron chi connectivity index (χ3n) is 2.98. The molecular weight excluding hydrogens is 368 g/mol. The summed E-state index contributed by atoms with van der Waals surface area (Å²) in [6.45, 7) is 3.02. The Morgan fingerprint density at radius 2 is 2.25 bits per heavy atom. The lowest BCUT2D eigenvalue weighted by molar-refractivity contribution is -0.113. The summed E-state index contributed by atoms with van der Waals surface area (Å²) in [5, 5.41) is 15.4. The highest BCUT2D eigenvalue weighted by atomic mass is 35.5. The Morgan fingerprint density at radius 3 is 2.96 bits per heavy atom. The van der Waals surface area contributed by atoms with E-state index < -0.39 is 0 Å². The zero-order chi connectivity index (χ0) is 17.4. The normalized spacial score (nSPS) is 10.5. The molecule has 130 valence electrons. The number of unbranched alkanes of at least 4 members (excludes halogenated alkanes) is 1. The summed E-state index contributed by atoms with van der Waals surface area (Å²) in [4.78, 5) is 12.0. The number of ether oxygens (including phenoxy) is 1. The van der Waals surface area contributed by atoms with Crippen molar-refractivity contribution in [2.45, 2.75) is 24.1 Å². The van der Waals surface area contributed by atoms with Crippen LogP contribution in [0.4, 0.5) is 10.8 Å². The predicted molar refractivity (Wildman–Crippen MR) is 101 cm³/mol. The number of methoxy groups -OCH3 is 1. The van der Waals surface area contributed by atoms with E-state index in [1.807, 2.05) is 0 Å². The molecule has 0 saturated heterocycles. The Morgan fingerprint density at radius 1 is 1.42 bits per heavy atom. The molecule has 0 radical (unpaired) electrons. The van der Waals surface area contributed by atoms with E-state index in [1.165, 1.54) is 23.1 Å². The first-order chi connectivity index (χ1) is 11.6. The third-order valence-corrected chi connectivity index (χ3v) is 5.28. The lowest BCUT2D eigenvalue weighted by Gasteiger charge is -2.07. The maximum absolute atomic E-state index is 12.0. The number of anilines is 2. The topological polar surface area (TPSA) is 76.1 Å². The fraction of sp³-hybridized carbons (Fsp3) is 0.400. The minimum absolute atomic E-state index is 0.128. The quantitative estimate of drug-likeness (QED) is 0.498. The molecule has 0 spiro atoms. The average Bonchev–Trinajstić information content (AvgIpc) is 3.01. The number of amides is 1. The number of halogens is 1. The van der Waals surface area contributed by atoms with E-state index in [4.69, 9.17) is 16.3 Å². The van der Waals surface area contributed by atoms with E-state index in [-0.39, 0.29) is 11.7 Å². The number of thioether (sulfide) groups is 1. The number of benzene rings is 1. The van der Waals surface area contributed by atoms with Gasteiger partial charge in [-0.05, 0) is 24.6 Å². The van der Waals surface area contributed by atoms with E-state index in [9.17, 15) is 4.79 Å². The van der Waals surface area contributed by atoms with Crippen LogP contribution in [-0.2, 0) is 4.79 Å². The summed E-state index contributed by atoms with van der Waals surface area (Å²) in [5.74, 6) is 0.700. The van der Waals surface area contributed by atoms with E-state index in [0.29, 0.717) is 16.5 Å². The van der Waals surface area contributed by atoms with Crippen LogP contribution in [-0.4, -0.2) is 35.5 Å². The summed E-state index contributed by atoms with van der Waals surface area (Å²) < 4.78 is 5.84. The SMILES string of the molecule is CCCCNc1nnc(SCC(=O)Nc2ccc(OC)c(Cl)c2)s1. The minimum Gasteiger partial charge on any atom is -0.495 e. The highest BCUT2D eigenvalue weighted by Gasteiger charge is 2.09. The molecule has 0 aliphatic carbocycles. The molecule has 24 heavy (non-hydrogen) atoms. The second kappa shape index (κ2) is 9.71. The first kappa shape index (κ1) is 18.8. The van der Waals surface area contributed by atoms with Crippen LogP contribution in [0.2, 0.25) is 5.02 Å². The van der Waals surface area contributed by atoms with Crippen molar-refractivity contribution in [1.82, 2.24) is 10.2 Å². The molecule has 2 N–H and O–H groups in total. The molecule has 2 rings (SSSR count). The summed E-state index contributed by atoms with van der Waals surface area (Å²) in [6.07, 6.45) is 2.22. The lowest BCUT2D eigenvalue weighted by Crippen LogP contribution is -2.13. The fourth-order valence-electron chi connectivity index (χ4n) is 1.78. The van der Waals surface area contributed by atoms with Crippen LogP contribution < -0.4 is 15.4 Å². The van der Waals surface area contributed by atoms with Gasteiger partial charge in [0.25, 0.3) is 0 Å². The van der Waals surface area contributed by atoms with Gasteiger partial charge in [0.05, 0.1) is 17.9 Å². The van der Waals surface area contributed by atoms with Crippen molar-refractivity contribution >= 4 is 51.4 Å². The molecule has 0 unspecified atom stereocenters. The summed E-state index contributed by atoms with van der Waals surface area (Å²) in [5.41, 5.74) is 0.630. The minimum atomic E-state index is -0.128. The van der Waals surface area contributed by atoms with Crippen LogP contribution in [0.3, 0.4) is 0 Å². The van der Waals surface area contributed by atoms with Crippen molar-refractivity contribution in [1.29, 1.82) is 0 Å². The van der Waals surface area contributed by atoms with Gasteiger partial charge in [-0.25, -0.2) is 0 Å². The largest absolute Gasteiger partial charge is 0.495 e. The molecule has 1 aromatic carbocycles. The van der Waals surface area contributed by atoms with E-state index in [2.05, 4.69) is 27.8 Å². The maximum atomic E-state index is 12.0. The molecule has 1 amide bonds. The molecule has 0 aliphatic rings. The molecule has 2 aromatic rings. The van der Waals surface area contributed by atoms with Crippen molar-refractivity contribution < 1.29 is 9.53 Å². The average molecular weight is 387 g/mol. The van der Waals surface area contributed by atoms with Gasteiger partial charge in [0.2, 0.25) is 11.0 Å². The zero-order valence-corrected chi connectivity index (χ0v) is 15.9. The number of hydrogen-bond donors (Lipinski definition) is 2. The first-order valence-electron chi connectivity index (χ1n) is 7.46. The van der Waals surface area contributed by atoms with Gasteiger partial charge >= 0.3 is 0 Å². The van der Waals surface area contributed by atoms with E-state index in [1.54, 1.807) is 25.3 Å². The molecule has 1 heterocycles. The van der Waals surface area contributed by atoms with Gasteiger partial charge in [0.15, 0.2) is 4.34 Å². The van der Waals surface area contributed by atoms with Gasteiger partial charge in [0.1, 0.15) is 5.75 Å². The summed E-state index contributed by atoms with van der Waals surface area (Å²) >= 11 is 8.84. The van der Waals surface area contributed by atoms with Crippen molar-refractivity contribution in [2.24, 2.45) is 0 Å². The smallest absolute Gasteiger partial charge is 0.234 e. The molecular formula is C15H19ClN4O2S2. The van der Waals surface area contributed by atoms with Gasteiger partial charge in [-0.2, -0.15) is 0 Å². The Hall–Kier alpha value is -1.51. The Bertz CT molecular complexity index is 681. The van der Waals surface area contributed by atoms with Gasteiger partial charge in [0, 0.05) is 12.2 Å². The highest BCUT2D eigenvalue weighted by Crippen LogP contribution is 2.28. The van der Waals surface area contributed by atoms with Gasteiger partial charge < -0.3 is 15.4 Å². The molecule has 1 aromatic heterocycles. The zero-order valence-electron chi connectivity index (χ0n) is 13.5. The lowest BCUT2D eigenvalue weighted by atomic mass is 10.3. The number of rotatable bonds is 9. The number of carbonyl (C=O) groups is 1. The first-order valence-corrected chi connectivity index (χ1v) is 9.64. The molecule has 0 fully saturated rings. The second-order valence-corrected chi connectivity index (χ2v) is 7.45. The fourth-order valence-corrected chi connectivity index (χ4v) is 3.62. The molecule has 0 bridgehead atoms. The highest BCUT2D eigenvalue weighted by molar-refractivity contribution is 8.01. The van der Waals surface area contributed by atoms with E-state index >= 15 is 0 Å². The van der Waals surface area contributed by atoms with Crippen LogP contribution in [0.1, 0.15) is 19.8 Å². The van der Waals surface area contributed by atoms with Crippen LogP contribution in [0, 0.1) is 0 Å². The van der Waals surface area contributed by atoms with Gasteiger partial charge in [-0.15, -0.1) is 10.2 Å². The Balaban J connectivity index is 1.79. The van der Waals surface area contributed by atoms with E-state index in [0.717, 1.165) is 28.9 Å². The van der Waals surface area contributed by atoms with Crippen LogP contribution in [0.15, 0.2) is 22.5 Å². The Kier molecular flexibility index (Phi) is 7.61. The van der Waals surface area contributed by atoms with Gasteiger partial charge in [-0.1, -0.05) is 48.0 Å². The van der Waals surface area contributed by atoms with Crippen LogP contribution in [0.25, 0.3) is 0 Å². The standard InChI is InChI=1S/C15H19ClN4O2S2/c1-3-4-7-17-14-19-20-15(24-14)23-9-13(21)18-10-5-6-12(22-2)11(16)8-10/h5-6,8H,3-4,7,9H2,1-2H3,(H,17,19)(H,18,21). The van der Waals surface area contributed by atoms with Gasteiger partial charge in [-0.3, -0.25) is 4.79 Å². The summed E-state index contributed by atoms with van der Waals surface area (Å²) in [6, 6.07) is 5.11. The van der Waals surface area contributed by atoms with Crippen LogP contribution >= 0.6 is 34.7 Å². The number of hydrogen-bond acceptors (Lipinski definition) is 7. The molecule has 0 atom stereocenters. The van der Waals surface area contributed by atoms with Crippen molar-refractivity contribution in [3.05, 3.63) is 23.2 Å². The number of aromatic nitrogens is 2. The number of nitrogens with zero attached hydrogens (tertiary/aromatic N) is 2. The number of carbonyl (C=O) groups excluding carboxylic acids is 1. The third kappa shape index (κ3) is 5.85.